The molecule has 0 aliphatic carbocycles. The largest absolute Gasteiger partial charge is 0.455 e. The Bertz CT molecular complexity index is 928. The molecule has 0 saturated heterocycles. The molecule has 0 radical (unpaired) electrons. The topological polar surface area (TPSA) is 119 Å². The van der Waals surface area contributed by atoms with E-state index in [1.807, 2.05) is 42.5 Å². The van der Waals surface area contributed by atoms with Gasteiger partial charge in [0.1, 0.15) is 11.4 Å². The second-order valence-corrected chi connectivity index (χ2v) is 5.42. The van der Waals surface area contributed by atoms with E-state index in [9.17, 15) is 4.79 Å². The Labute approximate surface area is 144 Å². The summed E-state index contributed by atoms with van der Waals surface area (Å²) in [6.07, 6.45) is 0. The number of benzene rings is 2. The number of carbonyl (C=O) groups excluding carboxylic acids is 1. The highest BCUT2D eigenvalue weighted by Crippen LogP contribution is 2.30. The maximum atomic E-state index is 12.2. The molecule has 0 fully saturated rings. The number of aromatic nitrogens is 1. The van der Waals surface area contributed by atoms with Crippen LogP contribution in [0.3, 0.4) is 0 Å². The highest BCUT2D eigenvalue weighted by Gasteiger charge is 2.13. The van der Waals surface area contributed by atoms with Crippen LogP contribution in [-0.2, 0) is 6.54 Å². The lowest BCUT2D eigenvalue weighted by Crippen LogP contribution is -2.36. The summed E-state index contributed by atoms with van der Waals surface area (Å²) in [6, 6.07) is 14.9. The molecule has 7 nitrogen and oxygen atoms in total. The van der Waals surface area contributed by atoms with Crippen LogP contribution in [0.2, 0.25) is 0 Å². The molecule has 0 unspecified atom stereocenters. The molecule has 25 heavy (non-hydrogen) atoms. The van der Waals surface area contributed by atoms with Gasteiger partial charge in [-0.15, -0.1) is 0 Å². The first-order valence-corrected chi connectivity index (χ1v) is 7.73. The quantitative estimate of drug-likeness (QED) is 0.430. The van der Waals surface area contributed by atoms with Gasteiger partial charge in [-0.25, -0.2) is 0 Å². The molecule has 0 spiro atoms. The second-order valence-electron chi connectivity index (χ2n) is 5.42. The Balaban J connectivity index is 1.89. The molecular weight excluding hydrogens is 318 g/mol. The Hall–Kier alpha value is -3.32. The minimum absolute atomic E-state index is 0.0557. The first-order chi connectivity index (χ1) is 12.1. The van der Waals surface area contributed by atoms with E-state index in [1.54, 1.807) is 6.07 Å². The van der Waals surface area contributed by atoms with Crippen LogP contribution in [0.5, 0.6) is 11.5 Å². The van der Waals surface area contributed by atoms with E-state index in [1.165, 1.54) is 7.05 Å². The van der Waals surface area contributed by atoms with Gasteiger partial charge in [-0.3, -0.25) is 15.1 Å². The minimum atomic E-state index is -0.363. The number of aliphatic imine (C=N–C) groups is 1. The van der Waals surface area contributed by atoms with Crippen molar-refractivity contribution in [2.24, 2.45) is 16.5 Å². The van der Waals surface area contributed by atoms with Gasteiger partial charge in [0.2, 0.25) is 0 Å². The third-order valence-electron chi connectivity index (χ3n) is 3.73. The SMILES string of the molecule is CN=C(N)NC(=O)c1cc2cccc(Oc3ccc(CN)cc3)c2[nH]1. The van der Waals surface area contributed by atoms with Gasteiger partial charge >= 0.3 is 0 Å². The molecule has 0 aliphatic rings. The van der Waals surface area contributed by atoms with Crippen molar-refractivity contribution in [3.63, 3.8) is 0 Å². The highest BCUT2D eigenvalue weighted by atomic mass is 16.5. The van der Waals surface area contributed by atoms with Crippen LogP contribution >= 0.6 is 0 Å². The summed E-state index contributed by atoms with van der Waals surface area (Å²) in [6.45, 7) is 0.481. The number of para-hydroxylation sites is 1. The number of carbonyl (C=O) groups is 1. The Morgan fingerprint density at radius 1 is 1.24 bits per heavy atom. The molecule has 6 N–H and O–H groups in total. The third-order valence-corrected chi connectivity index (χ3v) is 3.73. The zero-order valence-corrected chi connectivity index (χ0v) is 13.7. The fourth-order valence-electron chi connectivity index (χ4n) is 2.40. The molecule has 0 atom stereocenters. The predicted octanol–water partition coefficient (Wildman–Crippen LogP) is 2.09. The second kappa shape index (κ2) is 7.06. The summed E-state index contributed by atoms with van der Waals surface area (Å²) < 4.78 is 5.93. The molecule has 7 heteroatoms. The van der Waals surface area contributed by atoms with Crippen LogP contribution in [-0.4, -0.2) is 23.9 Å². The molecule has 0 aliphatic heterocycles. The van der Waals surface area contributed by atoms with E-state index in [0.29, 0.717) is 23.7 Å². The number of rotatable bonds is 4. The van der Waals surface area contributed by atoms with Crippen molar-refractivity contribution < 1.29 is 9.53 Å². The summed E-state index contributed by atoms with van der Waals surface area (Å²) in [4.78, 5) is 18.9. The van der Waals surface area contributed by atoms with Gasteiger partial charge in [-0.2, -0.15) is 0 Å². The monoisotopic (exact) mass is 337 g/mol. The van der Waals surface area contributed by atoms with Crippen molar-refractivity contribution in [3.8, 4) is 11.5 Å². The van der Waals surface area contributed by atoms with Gasteiger partial charge in [-0.05, 0) is 29.8 Å². The number of hydrogen-bond donors (Lipinski definition) is 4. The molecule has 2 aromatic carbocycles. The highest BCUT2D eigenvalue weighted by molar-refractivity contribution is 6.07. The third kappa shape index (κ3) is 3.61. The van der Waals surface area contributed by atoms with Crippen molar-refractivity contribution in [1.29, 1.82) is 0 Å². The Morgan fingerprint density at radius 2 is 2.00 bits per heavy atom. The molecule has 3 aromatic rings. The molecule has 128 valence electrons. The van der Waals surface area contributed by atoms with E-state index < -0.39 is 0 Å². The minimum Gasteiger partial charge on any atom is -0.455 e. The first kappa shape index (κ1) is 16.5. The van der Waals surface area contributed by atoms with E-state index in [4.69, 9.17) is 16.2 Å². The van der Waals surface area contributed by atoms with E-state index in [2.05, 4.69) is 15.3 Å². The van der Waals surface area contributed by atoms with E-state index in [0.717, 1.165) is 16.5 Å². The van der Waals surface area contributed by atoms with Crippen molar-refractivity contribution in [2.45, 2.75) is 6.54 Å². The van der Waals surface area contributed by atoms with Gasteiger partial charge in [0.25, 0.3) is 5.91 Å². The van der Waals surface area contributed by atoms with Gasteiger partial charge in [-0.1, -0.05) is 24.3 Å². The number of nitrogens with one attached hydrogen (secondary N) is 2. The molecule has 1 amide bonds. The molecular formula is C18H19N5O2. The predicted molar refractivity (Wildman–Crippen MR) is 97.7 cm³/mol. The van der Waals surface area contributed by atoms with Crippen LogP contribution in [0, 0.1) is 0 Å². The molecule has 1 heterocycles. The van der Waals surface area contributed by atoms with Crippen LogP contribution in [0.25, 0.3) is 10.9 Å². The first-order valence-electron chi connectivity index (χ1n) is 7.73. The molecule has 3 rings (SSSR count). The van der Waals surface area contributed by atoms with Crippen LogP contribution in [0.15, 0.2) is 53.5 Å². The lowest BCUT2D eigenvalue weighted by atomic mass is 10.2. The van der Waals surface area contributed by atoms with Crippen LogP contribution in [0.4, 0.5) is 0 Å². The van der Waals surface area contributed by atoms with Crippen molar-refractivity contribution in [2.75, 3.05) is 7.05 Å². The number of aromatic amines is 1. The van der Waals surface area contributed by atoms with Crippen LogP contribution < -0.4 is 21.5 Å². The van der Waals surface area contributed by atoms with E-state index in [-0.39, 0.29) is 11.9 Å². The molecule has 1 aromatic heterocycles. The number of nitrogens with two attached hydrogens (primary N) is 2. The van der Waals surface area contributed by atoms with E-state index >= 15 is 0 Å². The molecule has 0 bridgehead atoms. The van der Waals surface area contributed by atoms with Crippen molar-refractivity contribution in [1.82, 2.24) is 10.3 Å². The number of guanidine groups is 1. The van der Waals surface area contributed by atoms with Crippen molar-refractivity contribution in [3.05, 3.63) is 59.8 Å². The number of fused-ring (bicyclic) bond motifs is 1. The Morgan fingerprint density at radius 3 is 2.68 bits per heavy atom. The van der Waals surface area contributed by atoms with Crippen molar-refractivity contribution >= 4 is 22.8 Å². The summed E-state index contributed by atoms with van der Waals surface area (Å²) in [5.41, 5.74) is 13.3. The zero-order valence-electron chi connectivity index (χ0n) is 13.7. The Kier molecular flexibility index (Phi) is 4.67. The fourth-order valence-corrected chi connectivity index (χ4v) is 2.40. The van der Waals surface area contributed by atoms with Gasteiger partial charge in [0.05, 0.1) is 5.52 Å². The number of hydrogen-bond acceptors (Lipinski definition) is 4. The van der Waals surface area contributed by atoms with Gasteiger partial charge in [0, 0.05) is 19.0 Å². The average molecular weight is 337 g/mol. The van der Waals surface area contributed by atoms with Gasteiger partial charge in [0.15, 0.2) is 11.7 Å². The lowest BCUT2D eigenvalue weighted by molar-refractivity contribution is 0.0972. The summed E-state index contributed by atoms with van der Waals surface area (Å²) in [5.74, 6) is 1.000. The number of amides is 1. The molecule has 0 saturated carbocycles. The maximum Gasteiger partial charge on any atom is 0.274 e. The summed E-state index contributed by atoms with van der Waals surface area (Å²) >= 11 is 0. The number of H-pyrrole nitrogens is 1. The fraction of sp³-hybridized carbons (Fsp3) is 0.111. The van der Waals surface area contributed by atoms with Gasteiger partial charge < -0.3 is 21.2 Å². The maximum absolute atomic E-state index is 12.2. The lowest BCUT2D eigenvalue weighted by Gasteiger charge is -2.07. The zero-order chi connectivity index (χ0) is 17.8. The van der Waals surface area contributed by atoms with Crippen LogP contribution in [0.1, 0.15) is 16.1 Å². The standard InChI is InChI=1S/C18H19N5O2/c1-21-18(20)23-17(24)14-9-12-3-2-4-15(16(12)22-14)25-13-7-5-11(10-19)6-8-13/h2-9,22H,10,19H2,1H3,(H3,20,21,23,24). The summed E-state index contributed by atoms with van der Waals surface area (Å²) in [5, 5.41) is 3.35. The number of ether oxygens (including phenoxy) is 1. The smallest absolute Gasteiger partial charge is 0.274 e. The summed E-state index contributed by atoms with van der Waals surface area (Å²) in [7, 11) is 1.50. The number of nitrogens with zero attached hydrogens (tertiary/aromatic N) is 1. The average Bonchev–Trinajstić information content (AvgIpc) is 3.08. The normalized spacial score (nSPS) is 11.5.